The summed E-state index contributed by atoms with van der Waals surface area (Å²) in [6, 6.07) is 5.49. The fourth-order valence-corrected chi connectivity index (χ4v) is 2.53. The predicted octanol–water partition coefficient (Wildman–Crippen LogP) is 1.97. The SMILES string of the molecule is CCC1CCC(O)(c2cccc(CO)n2)C1. The number of rotatable bonds is 3. The molecule has 1 aliphatic rings. The minimum absolute atomic E-state index is 0.0683. The first kappa shape index (κ1) is 11.6. The van der Waals surface area contributed by atoms with E-state index in [1.54, 1.807) is 6.07 Å². The van der Waals surface area contributed by atoms with Gasteiger partial charge in [-0.3, -0.25) is 4.98 Å². The highest BCUT2D eigenvalue weighted by Gasteiger charge is 2.39. The normalized spacial score (nSPS) is 29.6. The molecule has 2 N–H and O–H groups in total. The van der Waals surface area contributed by atoms with Crippen molar-refractivity contribution >= 4 is 0 Å². The Balaban J connectivity index is 2.22. The van der Waals surface area contributed by atoms with Crippen LogP contribution >= 0.6 is 0 Å². The topological polar surface area (TPSA) is 53.4 Å². The molecule has 2 rings (SSSR count). The van der Waals surface area contributed by atoms with Crippen LogP contribution in [-0.2, 0) is 12.2 Å². The van der Waals surface area contributed by atoms with Crippen LogP contribution in [-0.4, -0.2) is 15.2 Å². The molecule has 1 fully saturated rings. The Hall–Kier alpha value is -0.930. The van der Waals surface area contributed by atoms with Gasteiger partial charge in [-0.25, -0.2) is 0 Å². The molecule has 88 valence electrons. The fraction of sp³-hybridized carbons (Fsp3) is 0.615. The zero-order valence-electron chi connectivity index (χ0n) is 9.69. The molecule has 3 heteroatoms. The lowest BCUT2D eigenvalue weighted by molar-refractivity contribution is 0.0349. The summed E-state index contributed by atoms with van der Waals surface area (Å²) in [5.41, 5.74) is 0.576. The Kier molecular flexibility index (Phi) is 3.26. The highest BCUT2D eigenvalue weighted by molar-refractivity contribution is 5.18. The number of hydrogen-bond acceptors (Lipinski definition) is 3. The van der Waals surface area contributed by atoms with Crippen LogP contribution in [0.15, 0.2) is 18.2 Å². The monoisotopic (exact) mass is 221 g/mol. The van der Waals surface area contributed by atoms with E-state index in [0.29, 0.717) is 11.6 Å². The summed E-state index contributed by atoms with van der Waals surface area (Å²) < 4.78 is 0. The molecule has 3 nitrogen and oxygen atoms in total. The van der Waals surface area contributed by atoms with E-state index in [2.05, 4.69) is 11.9 Å². The zero-order valence-corrected chi connectivity index (χ0v) is 9.69. The van der Waals surface area contributed by atoms with E-state index in [-0.39, 0.29) is 6.61 Å². The molecule has 0 aromatic carbocycles. The second kappa shape index (κ2) is 4.52. The van der Waals surface area contributed by atoms with Gasteiger partial charge < -0.3 is 10.2 Å². The lowest BCUT2D eigenvalue weighted by Gasteiger charge is -2.22. The van der Waals surface area contributed by atoms with Gasteiger partial charge >= 0.3 is 0 Å². The Morgan fingerprint density at radius 2 is 2.31 bits per heavy atom. The smallest absolute Gasteiger partial charge is 0.107 e. The first-order chi connectivity index (χ1) is 7.68. The summed E-state index contributed by atoms with van der Waals surface area (Å²) in [7, 11) is 0. The van der Waals surface area contributed by atoms with Crippen LogP contribution in [0.5, 0.6) is 0 Å². The van der Waals surface area contributed by atoms with Crippen LogP contribution < -0.4 is 0 Å². The van der Waals surface area contributed by atoms with Gasteiger partial charge in [0.2, 0.25) is 0 Å². The number of aliphatic hydroxyl groups excluding tert-OH is 1. The van der Waals surface area contributed by atoms with Gasteiger partial charge in [0.05, 0.1) is 18.0 Å². The molecule has 1 heterocycles. The fourth-order valence-electron chi connectivity index (χ4n) is 2.53. The first-order valence-electron chi connectivity index (χ1n) is 5.97. The first-order valence-corrected chi connectivity index (χ1v) is 5.97. The van der Waals surface area contributed by atoms with Crippen LogP contribution in [0.1, 0.15) is 44.0 Å². The standard InChI is InChI=1S/C13H19NO2/c1-2-10-6-7-13(16,8-10)12-5-3-4-11(9-15)14-12/h3-5,10,15-16H,2,6-9H2,1H3. The van der Waals surface area contributed by atoms with Crippen molar-refractivity contribution < 1.29 is 10.2 Å². The summed E-state index contributed by atoms with van der Waals surface area (Å²) in [6.45, 7) is 2.09. The predicted molar refractivity (Wildman–Crippen MR) is 61.7 cm³/mol. The molecule has 0 amide bonds. The third kappa shape index (κ3) is 2.11. The van der Waals surface area contributed by atoms with E-state index in [1.807, 2.05) is 12.1 Å². The van der Waals surface area contributed by atoms with Gasteiger partial charge in [-0.1, -0.05) is 19.4 Å². The molecule has 1 aliphatic carbocycles. The molecule has 2 unspecified atom stereocenters. The molecule has 0 spiro atoms. The molecular weight excluding hydrogens is 202 g/mol. The van der Waals surface area contributed by atoms with Crippen molar-refractivity contribution in [2.24, 2.45) is 5.92 Å². The summed E-state index contributed by atoms with van der Waals surface area (Å²) in [6.07, 6.45) is 3.76. The van der Waals surface area contributed by atoms with E-state index >= 15 is 0 Å². The van der Waals surface area contributed by atoms with Gasteiger partial charge in [0.25, 0.3) is 0 Å². The van der Waals surface area contributed by atoms with E-state index in [1.165, 1.54) is 0 Å². The van der Waals surface area contributed by atoms with Gasteiger partial charge in [0.15, 0.2) is 0 Å². The summed E-state index contributed by atoms with van der Waals surface area (Å²) in [5, 5.41) is 19.6. The zero-order chi connectivity index (χ0) is 11.6. The van der Waals surface area contributed by atoms with E-state index in [0.717, 1.165) is 31.4 Å². The third-order valence-corrected chi connectivity index (χ3v) is 3.62. The Morgan fingerprint density at radius 3 is 2.94 bits per heavy atom. The average molecular weight is 221 g/mol. The van der Waals surface area contributed by atoms with Crippen LogP contribution in [0.25, 0.3) is 0 Å². The minimum atomic E-state index is -0.772. The molecule has 0 aliphatic heterocycles. The number of aliphatic hydroxyl groups is 2. The maximum absolute atomic E-state index is 10.5. The van der Waals surface area contributed by atoms with Crippen molar-refractivity contribution in [2.45, 2.75) is 44.8 Å². The van der Waals surface area contributed by atoms with Crippen molar-refractivity contribution in [3.05, 3.63) is 29.6 Å². The quantitative estimate of drug-likeness (QED) is 0.820. The molecule has 1 aromatic heterocycles. The van der Waals surface area contributed by atoms with Crippen LogP contribution in [0.2, 0.25) is 0 Å². The highest BCUT2D eigenvalue weighted by Crippen LogP contribution is 2.42. The molecule has 0 bridgehead atoms. The average Bonchev–Trinajstić information content (AvgIpc) is 2.73. The van der Waals surface area contributed by atoms with Gasteiger partial charge in [0, 0.05) is 0 Å². The van der Waals surface area contributed by atoms with E-state index < -0.39 is 5.60 Å². The van der Waals surface area contributed by atoms with E-state index in [9.17, 15) is 5.11 Å². The van der Waals surface area contributed by atoms with Crippen molar-refractivity contribution in [1.82, 2.24) is 4.98 Å². The second-order valence-electron chi connectivity index (χ2n) is 4.72. The van der Waals surface area contributed by atoms with Crippen molar-refractivity contribution in [1.29, 1.82) is 0 Å². The largest absolute Gasteiger partial charge is 0.390 e. The molecule has 2 atom stereocenters. The maximum atomic E-state index is 10.5. The molecule has 0 radical (unpaired) electrons. The molecule has 16 heavy (non-hydrogen) atoms. The van der Waals surface area contributed by atoms with Crippen LogP contribution in [0.4, 0.5) is 0 Å². The molecular formula is C13H19NO2. The lowest BCUT2D eigenvalue weighted by Crippen LogP contribution is -2.23. The maximum Gasteiger partial charge on any atom is 0.107 e. The summed E-state index contributed by atoms with van der Waals surface area (Å²) in [4.78, 5) is 4.31. The molecule has 0 saturated heterocycles. The molecule has 1 saturated carbocycles. The third-order valence-electron chi connectivity index (χ3n) is 3.62. The molecule has 1 aromatic rings. The van der Waals surface area contributed by atoms with Crippen LogP contribution in [0, 0.1) is 5.92 Å². The van der Waals surface area contributed by atoms with E-state index in [4.69, 9.17) is 5.11 Å². The summed E-state index contributed by atoms with van der Waals surface area (Å²) >= 11 is 0. The van der Waals surface area contributed by atoms with Crippen molar-refractivity contribution in [2.75, 3.05) is 0 Å². The van der Waals surface area contributed by atoms with Crippen molar-refractivity contribution in [3.63, 3.8) is 0 Å². The number of pyridine rings is 1. The Morgan fingerprint density at radius 1 is 1.50 bits per heavy atom. The number of hydrogen-bond donors (Lipinski definition) is 2. The van der Waals surface area contributed by atoms with Gasteiger partial charge in [-0.05, 0) is 37.3 Å². The Bertz CT molecular complexity index is 367. The summed E-state index contributed by atoms with van der Waals surface area (Å²) in [5.74, 6) is 0.601. The lowest BCUT2D eigenvalue weighted by atomic mass is 9.94. The van der Waals surface area contributed by atoms with Gasteiger partial charge in [-0.2, -0.15) is 0 Å². The van der Waals surface area contributed by atoms with Crippen molar-refractivity contribution in [3.8, 4) is 0 Å². The number of nitrogens with zero attached hydrogens (tertiary/aromatic N) is 1. The van der Waals surface area contributed by atoms with Crippen LogP contribution in [0.3, 0.4) is 0 Å². The van der Waals surface area contributed by atoms with Gasteiger partial charge in [0.1, 0.15) is 5.60 Å². The van der Waals surface area contributed by atoms with Gasteiger partial charge in [-0.15, -0.1) is 0 Å². The second-order valence-corrected chi connectivity index (χ2v) is 4.72. The number of aromatic nitrogens is 1. The minimum Gasteiger partial charge on any atom is -0.390 e. The highest BCUT2D eigenvalue weighted by atomic mass is 16.3. The Labute approximate surface area is 96.2 Å².